The SMILES string of the molecule is CC12CC3CC(C(=O)Nc4nc5ccc(C(F)(F)F)cc5s4)(C1)C[C@](C)(C3)C2. The van der Waals surface area contributed by atoms with Crippen molar-refractivity contribution in [3.05, 3.63) is 23.8 Å². The molecule has 7 heteroatoms. The van der Waals surface area contributed by atoms with Crippen LogP contribution in [0.5, 0.6) is 0 Å². The summed E-state index contributed by atoms with van der Waals surface area (Å²) in [6.07, 6.45) is 1.95. The summed E-state index contributed by atoms with van der Waals surface area (Å²) in [5.41, 5.74) is -0.125. The number of anilines is 1. The van der Waals surface area contributed by atoms with E-state index in [0.29, 0.717) is 21.3 Å². The van der Waals surface area contributed by atoms with Gasteiger partial charge in [0, 0.05) is 0 Å². The molecule has 3 nitrogen and oxygen atoms in total. The number of nitrogens with zero attached hydrogens (tertiary/aromatic N) is 1. The van der Waals surface area contributed by atoms with Gasteiger partial charge in [0.05, 0.1) is 21.2 Å². The standard InChI is InChI=1S/C21H23F3N2OS/c1-18-6-12-7-19(2,9-18)11-20(8-12,10-18)16(27)26-17-25-14-4-3-13(21(22,23)24)5-15(14)28-17/h3-5,12H,6-11H2,1-2H3,(H,25,26,27)/t12?,18-,19?,20?/m1/s1. The van der Waals surface area contributed by atoms with Crippen molar-refractivity contribution in [2.45, 2.75) is 58.5 Å². The minimum atomic E-state index is -4.38. The Morgan fingerprint density at radius 2 is 1.82 bits per heavy atom. The third-order valence-corrected chi connectivity index (χ3v) is 7.98. The molecule has 0 saturated heterocycles. The van der Waals surface area contributed by atoms with Crippen LogP contribution >= 0.6 is 11.3 Å². The molecule has 4 aliphatic rings. The molecule has 3 unspecified atom stereocenters. The summed E-state index contributed by atoms with van der Waals surface area (Å²) in [5, 5.41) is 3.36. The fourth-order valence-corrected chi connectivity index (χ4v) is 7.99. The molecule has 150 valence electrons. The van der Waals surface area contributed by atoms with Crippen LogP contribution in [0.25, 0.3) is 10.2 Å². The molecule has 1 aromatic carbocycles. The fourth-order valence-electron chi connectivity index (χ4n) is 7.09. The maximum Gasteiger partial charge on any atom is 0.416 e. The van der Waals surface area contributed by atoms with E-state index in [1.54, 1.807) is 0 Å². The van der Waals surface area contributed by atoms with Crippen molar-refractivity contribution in [3.8, 4) is 0 Å². The van der Waals surface area contributed by atoms with E-state index >= 15 is 0 Å². The number of aromatic nitrogens is 1. The van der Waals surface area contributed by atoms with Gasteiger partial charge in [0.25, 0.3) is 0 Å². The predicted molar refractivity (Wildman–Crippen MR) is 103 cm³/mol. The van der Waals surface area contributed by atoms with Crippen molar-refractivity contribution in [2.24, 2.45) is 22.2 Å². The molecule has 4 aliphatic carbocycles. The number of alkyl halides is 3. The van der Waals surface area contributed by atoms with E-state index in [9.17, 15) is 18.0 Å². The van der Waals surface area contributed by atoms with Gasteiger partial charge in [-0.1, -0.05) is 25.2 Å². The number of halogens is 3. The molecule has 4 saturated carbocycles. The Hall–Kier alpha value is -1.63. The van der Waals surface area contributed by atoms with E-state index in [4.69, 9.17) is 0 Å². The third kappa shape index (κ3) is 2.85. The quantitative estimate of drug-likeness (QED) is 0.638. The fraction of sp³-hybridized carbons (Fsp3) is 0.619. The number of hydrogen-bond acceptors (Lipinski definition) is 3. The van der Waals surface area contributed by atoms with E-state index in [2.05, 4.69) is 24.1 Å². The second-order valence-electron chi connectivity index (χ2n) is 10.1. The lowest BCUT2D eigenvalue weighted by molar-refractivity contribution is -0.165. The van der Waals surface area contributed by atoms with Crippen LogP contribution in [-0.2, 0) is 11.0 Å². The Labute approximate surface area is 165 Å². The van der Waals surface area contributed by atoms with Crippen LogP contribution in [-0.4, -0.2) is 10.9 Å². The zero-order valence-electron chi connectivity index (χ0n) is 15.9. The number of nitrogens with one attached hydrogen (secondary N) is 1. The number of benzene rings is 1. The van der Waals surface area contributed by atoms with Crippen molar-refractivity contribution in [2.75, 3.05) is 5.32 Å². The molecule has 2 aromatic rings. The van der Waals surface area contributed by atoms with E-state index in [-0.39, 0.29) is 22.2 Å². The molecular formula is C21H23F3N2OS. The molecule has 0 aliphatic heterocycles. The highest BCUT2D eigenvalue weighted by Gasteiger charge is 2.62. The van der Waals surface area contributed by atoms with Crippen molar-refractivity contribution in [3.63, 3.8) is 0 Å². The van der Waals surface area contributed by atoms with Gasteiger partial charge in [0.2, 0.25) is 5.91 Å². The normalized spacial score (nSPS) is 36.8. The molecule has 0 spiro atoms. The van der Waals surface area contributed by atoms with Gasteiger partial charge in [-0.3, -0.25) is 4.79 Å². The first-order valence-electron chi connectivity index (χ1n) is 9.77. The number of rotatable bonds is 2. The lowest BCUT2D eigenvalue weighted by Gasteiger charge is -2.64. The molecule has 4 bridgehead atoms. The van der Waals surface area contributed by atoms with Crippen molar-refractivity contribution in [1.82, 2.24) is 4.98 Å². The Morgan fingerprint density at radius 3 is 2.43 bits per heavy atom. The number of amides is 1. The molecule has 6 rings (SSSR count). The average Bonchev–Trinajstić information content (AvgIpc) is 2.91. The van der Waals surface area contributed by atoms with Crippen LogP contribution in [0.4, 0.5) is 18.3 Å². The molecule has 1 heterocycles. The van der Waals surface area contributed by atoms with Crippen LogP contribution in [0.2, 0.25) is 0 Å². The molecule has 1 N–H and O–H groups in total. The van der Waals surface area contributed by atoms with Crippen molar-refractivity contribution < 1.29 is 18.0 Å². The largest absolute Gasteiger partial charge is 0.416 e. The summed E-state index contributed by atoms with van der Waals surface area (Å²) >= 11 is 1.12. The first-order valence-corrected chi connectivity index (χ1v) is 10.6. The van der Waals surface area contributed by atoms with Gasteiger partial charge in [-0.15, -0.1) is 0 Å². The van der Waals surface area contributed by atoms with E-state index in [1.807, 2.05) is 0 Å². The first kappa shape index (κ1) is 18.4. The summed E-state index contributed by atoms with van der Waals surface area (Å²) < 4.78 is 39.3. The number of hydrogen-bond donors (Lipinski definition) is 1. The van der Waals surface area contributed by atoms with E-state index in [0.717, 1.165) is 42.7 Å². The second kappa shape index (κ2) is 5.49. The zero-order chi connectivity index (χ0) is 19.9. The maximum atomic E-state index is 13.3. The molecule has 28 heavy (non-hydrogen) atoms. The number of thiazole rings is 1. The third-order valence-electron chi connectivity index (χ3n) is 7.04. The first-order chi connectivity index (χ1) is 13.0. The molecular weight excluding hydrogens is 385 g/mol. The lowest BCUT2D eigenvalue weighted by Crippen LogP contribution is -2.58. The molecule has 4 fully saturated rings. The molecule has 4 atom stereocenters. The highest BCUT2D eigenvalue weighted by atomic mass is 32.1. The molecule has 1 aromatic heterocycles. The monoisotopic (exact) mass is 408 g/mol. The number of carbonyl (C=O) groups excluding carboxylic acids is 1. The topological polar surface area (TPSA) is 42.0 Å². The summed E-state index contributed by atoms with van der Waals surface area (Å²) in [6, 6.07) is 3.51. The molecule has 0 radical (unpaired) electrons. The van der Waals surface area contributed by atoms with Crippen LogP contribution in [0.1, 0.15) is 57.9 Å². The maximum absolute atomic E-state index is 13.3. The van der Waals surface area contributed by atoms with Crippen molar-refractivity contribution in [1.29, 1.82) is 0 Å². The van der Waals surface area contributed by atoms with E-state index in [1.165, 1.54) is 25.3 Å². The average molecular weight is 408 g/mol. The smallest absolute Gasteiger partial charge is 0.301 e. The minimum Gasteiger partial charge on any atom is -0.301 e. The van der Waals surface area contributed by atoms with Gasteiger partial charge in [-0.05, 0) is 73.5 Å². The number of fused-ring (bicyclic) bond motifs is 1. The van der Waals surface area contributed by atoms with E-state index < -0.39 is 11.7 Å². The highest BCUT2D eigenvalue weighted by molar-refractivity contribution is 7.22. The molecule has 1 amide bonds. The highest BCUT2D eigenvalue weighted by Crippen LogP contribution is 2.69. The summed E-state index contributed by atoms with van der Waals surface area (Å²) in [5.74, 6) is 0.603. The van der Waals surface area contributed by atoms with Gasteiger partial charge >= 0.3 is 6.18 Å². The predicted octanol–water partition coefficient (Wildman–Crippen LogP) is 6.25. The van der Waals surface area contributed by atoms with Crippen LogP contribution in [0.15, 0.2) is 18.2 Å². The Balaban J connectivity index is 1.43. The minimum absolute atomic E-state index is 0.00384. The van der Waals surface area contributed by atoms with Crippen molar-refractivity contribution >= 4 is 32.6 Å². The summed E-state index contributed by atoms with van der Waals surface area (Å²) in [6.45, 7) is 4.63. The Morgan fingerprint density at radius 1 is 1.14 bits per heavy atom. The van der Waals surface area contributed by atoms with Crippen LogP contribution in [0, 0.1) is 22.2 Å². The van der Waals surface area contributed by atoms with Gasteiger partial charge in [0.1, 0.15) is 0 Å². The van der Waals surface area contributed by atoms with Gasteiger partial charge in [-0.2, -0.15) is 13.2 Å². The summed E-state index contributed by atoms with van der Waals surface area (Å²) in [7, 11) is 0. The van der Waals surface area contributed by atoms with Gasteiger partial charge in [-0.25, -0.2) is 4.98 Å². The zero-order valence-corrected chi connectivity index (χ0v) is 16.8. The lowest BCUT2D eigenvalue weighted by atomic mass is 9.40. The Kier molecular flexibility index (Phi) is 3.61. The number of carbonyl (C=O) groups is 1. The summed E-state index contributed by atoms with van der Waals surface area (Å²) in [4.78, 5) is 17.7. The van der Waals surface area contributed by atoms with Crippen LogP contribution < -0.4 is 5.32 Å². The second-order valence-corrected chi connectivity index (χ2v) is 11.1. The van der Waals surface area contributed by atoms with Crippen LogP contribution in [0.3, 0.4) is 0 Å². The Bertz CT molecular complexity index is 964. The van der Waals surface area contributed by atoms with Gasteiger partial charge < -0.3 is 5.32 Å². The van der Waals surface area contributed by atoms with Gasteiger partial charge in [0.15, 0.2) is 5.13 Å².